The highest BCUT2D eigenvalue weighted by molar-refractivity contribution is 5.93. The number of ether oxygens (including phenoxy) is 1. The van der Waals surface area contributed by atoms with Gasteiger partial charge in [0, 0.05) is 25.8 Å². The summed E-state index contributed by atoms with van der Waals surface area (Å²) in [6, 6.07) is 3.01. The summed E-state index contributed by atoms with van der Waals surface area (Å²) in [6.07, 6.45) is 3.03. The number of non-ortho nitro benzene ring substituents is 1. The maximum Gasteiger partial charge on any atom is 0.300 e. The van der Waals surface area contributed by atoms with Gasteiger partial charge in [0.1, 0.15) is 0 Å². The van der Waals surface area contributed by atoms with Crippen molar-refractivity contribution in [3.05, 3.63) is 22.2 Å². The topological polar surface area (TPSA) is 103 Å². The normalized spacial score (nSPS) is 10.9. The lowest BCUT2D eigenvalue weighted by atomic mass is 10.2. The summed E-state index contributed by atoms with van der Waals surface area (Å²) < 4.78 is 10.1. The number of hydrogen-bond donors (Lipinski definition) is 1. The first-order valence-electron chi connectivity index (χ1n) is 6.95. The third-order valence-electron chi connectivity index (χ3n) is 3.01. The number of nitrogens with one attached hydrogen (secondary N) is 1. The molecule has 0 spiro atoms. The molecule has 0 radical (unpaired) electrons. The van der Waals surface area contributed by atoms with Gasteiger partial charge in [-0.2, -0.15) is 0 Å². The molecule has 0 aliphatic rings. The quantitative estimate of drug-likeness (QED) is 0.431. The van der Waals surface area contributed by atoms with Crippen LogP contribution in [0.4, 0.5) is 11.4 Å². The zero-order valence-corrected chi connectivity index (χ0v) is 11.9. The van der Waals surface area contributed by atoms with Crippen molar-refractivity contribution in [2.24, 2.45) is 0 Å². The third kappa shape index (κ3) is 3.88. The van der Waals surface area contributed by atoms with Gasteiger partial charge in [-0.05, 0) is 29.2 Å². The van der Waals surface area contributed by atoms with E-state index < -0.39 is 4.92 Å². The number of nitrogens with zero attached hydrogens (tertiary/aromatic N) is 3. The van der Waals surface area contributed by atoms with E-state index in [1.54, 1.807) is 6.07 Å². The van der Waals surface area contributed by atoms with E-state index >= 15 is 0 Å². The molecule has 0 atom stereocenters. The van der Waals surface area contributed by atoms with E-state index in [0.717, 1.165) is 25.9 Å². The van der Waals surface area contributed by atoms with E-state index in [2.05, 4.69) is 27.2 Å². The minimum absolute atomic E-state index is 0.111. The molecule has 1 aromatic heterocycles. The number of benzene rings is 1. The van der Waals surface area contributed by atoms with Crippen molar-refractivity contribution in [2.75, 3.05) is 25.1 Å². The molecule has 1 heterocycles. The van der Waals surface area contributed by atoms with Gasteiger partial charge < -0.3 is 10.1 Å². The number of hydrogen-bond acceptors (Lipinski definition) is 7. The fraction of sp³-hybridized carbons (Fsp3) is 0.538. The molecule has 0 unspecified atom stereocenters. The predicted molar refractivity (Wildman–Crippen MR) is 77.3 cm³/mol. The van der Waals surface area contributed by atoms with Crippen LogP contribution >= 0.6 is 0 Å². The second-order valence-corrected chi connectivity index (χ2v) is 4.60. The highest BCUT2D eigenvalue weighted by Crippen LogP contribution is 2.28. The lowest BCUT2D eigenvalue weighted by molar-refractivity contribution is -0.383. The van der Waals surface area contributed by atoms with Crippen molar-refractivity contribution in [3.8, 4) is 0 Å². The van der Waals surface area contributed by atoms with Crippen LogP contribution in [0.15, 0.2) is 16.8 Å². The second kappa shape index (κ2) is 7.53. The Kier molecular flexibility index (Phi) is 5.44. The van der Waals surface area contributed by atoms with Crippen molar-refractivity contribution in [1.29, 1.82) is 0 Å². The van der Waals surface area contributed by atoms with Gasteiger partial charge in [0.25, 0.3) is 0 Å². The summed E-state index contributed by atoms with van der Waals surface area (Å²) in [5, 5.41) is 21.3. The molecular weight excluding hydrogens is 276 g/mol. The van der Waals surface area contributed by atoms with Crippen LogP contribution < -0.4 is 5.32 Å². The Labute approximate surface area is 121 Å². The third-order valence-corrected chi connectivity index (χ3v) is 3.01. The van der Waals surface area contributed by atoms with Crippen LogP contribution in [-0.4, -0.2) is 35.0 Å². The highest BCUT2D eigenvalue weighted by atomic mass is 16.6. The van der Waals surface area contributed by atoms with Crippen LogP contribution in [-0.2, 0) is 4.74 Å². The van der Waals surface area contributed by atoms with Gasteiger partial charge in [0.2, 0.25) is 5.52 Å². The molecule has 0 saturated carbocycles. The molecule has 0 amide bonds. The van der Waals surface area contributed by atoms with E-state index in [9.17, 15) is 10.1 Å². The molecule has 114 valence electrons. The Morgan fingerprint density at radius 2 is 2.05 bits per heavy atom. The number of rotatable bonds is 9. The van der Waals surface area contributed by atoms with E-state index in [1.807, 2.05) is 0 Å². The SMILES string of the molecule is CCCCOCCCNc1ccc([N+](=O)[O-])c2nonc12. The van der Waals surface area contributed by atoms with Crippen LogP contribution in [0.2, 0.25) is 0 Å². The van der Waals surface area contributed by atoms with Gasteiger partial charge in [-0.3, -0.25) is 10.1 Å². The zero-order valence-electron chi connectivity index (χ0n) is 11.9. The maximum atomic E-state index is 10.9. The number of aromatic nitrogens is 2. The van der Waals surface area contributed by atoms with Crippen LogP contribution in [0, 0.1) is 10.1 Å². The van der Waals surface area contributed by atoms with E-state index in [1.165, 1.54) is 6.07 Å². The average molecular weight is 294 g/mol. The van der Waals surface area contributed by atoms with Crippen molar-refractivity contribution in [2.45, 2.75) is 26.2 Å². The smallest absolute Gasteiger partial charge is 0.300 e. The van der Waals surface area contributed by atoms with Gasteiger partial charge in [0.15, 0.2) is 5.52 Å². The molecule has 1 aromatic carbocycles. The maximum absolute atomic E-state index is 10.9. The van der Waals surface area contributed by atoms with Gasteiger partial charge in [0.05, 0.1) is 10.6 Å². The van der Waals surface area contributed by atoms with Crippen molar-refractivity contribution < 1.29 is 14.3 Å². The first kappa shape index (κ1) is 15.2. The Morgan fingerprint density at radius 3 is 2.81 bits per heavy atom. The molecule has 0 fully saturated rings. The van der Waals surface area contributed by atoms with Gasteiger partial charge >= 0.3 is 5.69 Å². The summed E-state index contributed by atoms with van der Waals surface area (Å²) in [7, 11) is 0. The van der Waals surface area contributed by atoms with Crippen molar-refractivity contribution >= 4 is 22.4 Å². The second-order valence-electron chi connectivity index (χ2n) is 4.60. The molecular formula is C13H18N4O4. The first-order valence-corrected chi connectivity index (χ1v) is 6.95. The van der Waals surface area contributed by atoms with Crippen LogP contribution in [0.25, 0.3) is 11.0 Å². The molecule has 0 aliphatic carbocycles. The number of nitro groups is 1. The predicted octanol–water partition coefficient (Wildman–Crippen LogP) is 2.75. The van der Waals surface area contributed by atoms with Gasteiger partial charge in [-0.15, -0.1) is 0 Å². The number of nitro benzene ring substituents is 1. The lowest BCUT2D eigenvalue weighted by Gasteiger charge is -2.07. The highest BCUT2D eigenvalue weighted by Gasteiger charge is 2.19. The fourth-order valence-corrected chi connectivity index (χ4v) is 1.89. The number of fused-ring (bicyclic) bond motifs is 1. The van der Waals surface area contributed by atoms with Gasteiger partial charge in [-0.25, -0.2) is 4.63 Å². The number of anilines is 1. The Balaban J connectivity index is 1.90. The lowest BCUT2D eigenvalue weighted by Crippen LogP contribution is -2.07. The van der Waals surface area contributed by atoms with Crippen molar-refractivity contribution in [3.63, 3.8) is 0 Å². The summed E-state index contributed by atoms with van der Waals surface area (Å²) in [4.78, 5) is 10.4. The summed E-state index contributed by atoms with van der Waals surface area (Å²) in [6.45, 7) is 4.27. The number of unbranched alkanes of at least 4 members (excludes halogenated alkanes) is 1. The van der Waals surface area contributed by atoms with Crippen LogP contribution in [0.5, 0.6) is 0 Å². The largest absolute Gasteiger partial charge is 0.383 e. The molecule has 2 aromatic rings. The Bertz CT molecular complexity index is 599. The fourth-order valence-electron chi connectivity index (χ4n) is 1.89. The van der Waals surface area contributed by atoms with E-state index in [-0.39, 0.29) is 11.2 Å². The molecule has 2 rings (SSSR count). The molecule has 8 nitrogen and oxygen atoms in total. The summed E-state index contributed by atoms with van der Waals surface area (Å²) in [5.74, 6) is 0. The minimum Gasteiger partial charge on any atom is -0.383 e. The standard InChI is InChI=1S/C13H18N4O4/c1-2-3-8-20-9-4-7-14-10-5-6-11(17(18)19)13-12(10)15-21-16-13/h5-6,14H,2-4,7-9H2,1H3. The van der Waals surface area contributed by atoms with Crippen LogP contribution in [0.3, 0.4) is 0 Å². The molecule has 0 aliphatic heterocycles. The van der Waals surface area contributed by atoms with Crippen molar-refractivity contribution in [1.82, 2.24) is 10.3 Å². The first-order chi connectivity index (χ1) is 10.2. The molecule has 21 heavy (non-hydrogen) atoms. The monoisotopic (exact) mass is 294 g/mol. The Morgan fingerprint density at radius 1 is 1.29 bits per heavy atom. The minimum atomic E-state index is -0.502. The Hall–Kier alpha value is -2.22. The molecule has 8 heteroatoms. The van der Waals surface area contributed by atoms with E-state index in [0.29, 0.717) is 24.4 Å². The molecule has 0 bridgehead atoms. The average Bonchev–Trinajstić information content (AvgIpc) is 2.95. The summed E-state index contributed by atoms with van der Waals surface area (Å²) >= 11 is 0. The summed E-state index contributed by atoms with van der Waals surface area (Å²) in [5.41, 5.74) is 1.09. The zero-order chi connectivity index (χ0) is 15.1. The van der Waals surface area contributed by atoms with Crippen LogP contribution in [0.1, 0.15) is 26.2 Å². The molecule has 0 saturated heterocycles. The molecule has 1 N–H and O–H groups in total. The van der Waals surface area contributed by atoms with Gasteiger partial charge in [-0.1, -0.05) is 13.3 Å². The van der Waals surface area contributed by atoms with E-state index in [4.69, 9.17) is 4.74 Å².